The van der Waals surface area contributed by atoms with Crippen LogP contribution in [0.5, 0.6) is 0 Å². The Bertz CT molecular complexity index is 606. The van der Waals surface area contributed by atoms with Crippen molar-refractivity contribution in [2.45, 2.75) is 44.6 Å². The molecule has 0 saturated heterocycles. The third kappa shape index (κ3) is 3.76. The highest BCUT2D eigenvalue weighted by atomic mass is 79.9. The van der Waals surface area contributed by atoms with Crippen molar-refractivity contribution in [3.8, 4) is 0 Å². The molecular formula is C14H22BrN3O2S. The molecule has 1 aliphatic carbocycles. The molecule has 0 aliphatic heterocycles. The third-order valence-electron chi connectivity index (χ3n) is 4.22. The first kappa shape index (κ1) is 16.7. The van der Waals surface area contributed by atoms with Crippen molar-refractivity contribution in [2.24, 2.45) is 11.8 Å². The Morgan fingerprint density at radius 1 is 1.38 bits per heavy atom. The predicted molar refractivity (Wildman–Crippen MR) is 87.8 cm³/mol. The maximum Gasteiger partial charge on any atom is 0.244 e. The van der Waals surface area contributed by atoms with Crippen molar-refractivity contribution in [1.29, 1.82) is 0 Å². The molecule has 1 fully saturated rings. The lowest BCUT2D eigenvalue weighted by Crippen LogP contribution is -2.37. The molecular weight excluding hydrogens is 354 g/mol. The van der Waals surface area contributed by atoms with E-state index < -0.39 is 10.0 Å². The molecule has 0 radical (unpaired) electrons. The summed E-state index contributed by atoms with van der Waals surface area (Å²) >= 11 is 3.29. The van der Waals surface area contributed by atoms with Crippen LogP contribution in [-0.2, 0) is 10.0 Å². The molecule has 7 heteroatoms. The van der Waals surface area contributed by atoms with Crippen LogP contribution in [-0.4, -0.2) is 26.0 Å². The van der Waals surface area contributed by atoms with E-state index in [1.807, 2.05) is 6.92 Å². The van der Waals surface area contributed by atoms with Crippen molar-refractivity contribution in [3.05, 3.63) is 16.7 Å². The van der Waals surface area contributed by atoms with Gasteiger partial charge in [-0.3, -0.25) is 0 Å². The molecule has 0 aromatic carbocycles. The summed E-state index contributed by atoms with van der Waals surface area (Å²) in [6, 6.07) is 1.59. The largest absolute Gasteiger partial charge is 0.369 e. The van der Waals surface area contributed by atoms with Gasteiger partial charge in [0.15, 0.2) is 0 Å². The summed E-state index contributed by atoms with van der Waals surface area (Å²) in [7, 11) is -3.58. The van der Waals surface area contributed by atoms with Crippen LogP contribution in [0.15, 0.2) is 21.6 Å². The topological polar surface area (TPSA) is 71.1 Å². The summed E-state index contributed by atoms with van der Waals surface area (Å²) in [6.07, 6.45) is 3.54. The van der Waals surface area contributed by atoms with E-state index in [2.05, 4.69) is 44.8 Å². The predicted octanol–water partition coefficient (Wildman–Crippen LogP) is 2.99. The standard InChI is InChI=1S/C14H22BrN3O2S/c1-4-16-14-13(7-11(15)8-17-14)21(19,20)18-12-6-5-9(2)10(12)3/h7-10,12,18H,4-6H2,1-3H3,(H,16,17). The highest BCUT2D eigenvalue weighted by Crippen LogP contribution is 2.33. The van der Waals surface area contributed by atoms with Crippen molar-refractivity contribution in [2.75, 3.05) is 11.9 Å². The first-order chi connectivity index (χ1) is 9.85. The molecule has 0 amide bonds. The average molecular weight is 376 g/mol. The molecule has 5 nitrogen and oxygen atoms in total. The zero-order valence-corrected chi connectivity index (χ0v) is 15.0. The van der Waals surface area contributed by atoms with Gasteiger partial charge < -0.3 is 5.32 Å². The van der Waals surface area contributed by atoms with Crippen LogP contribution in [0.1, 0.15) is 33.6 Å². The number of sulfonamides is 1. The number of halogens is 1. The molecule has 1 heterocycles. The fraction of sp³-hybridized carbons (Fsp3) is 0.643. The molecule has 0 bridgehead atoms. The van der Waals surface area contributed by atoms with Crippen LogP contribution in [0.3, 0.4) is 0 Å². The van der Waals surface area contributed by atoms with E-state index >= 15 is 0 Å². The van der Waals surface area contributed by atoms with E-state index in [1.165, 1.54) is 0 Å². The molecule has 1 saturated carbocycles. The highest BCUT2D eigenvalue weighted by molar-refractivity contribution is 9.10. The Morgan fingerprint density at radius 2 is 2.10 bits per heavy atom. The zero-order chi connectivity index (χ0) is 15.6. The van der Waals surface area contributed by atoms with E-state index in [0.29, 0.717) is 28.7 Å². The minimum atomic E-state index is -3.58. The van der Waals surface area contributed by atoms with Crippen LogP contribution < -0.4 is 10.0 Å². The molecule has 1 aromatic heterocycles. The highest BCUT2D eigenvalue weighted by Gasteiger charge is 2.34. The van der Waals surface area contributed by atoms with Gasteiger partial charge in [-0.25, -0.2) is 18.1 Å². The van der Waals surface area contributed by atoms with Crippen molar-refractivity contribution >= 4 is 31.8 Å². The lowest BCUT2D eigenvalue weighted by molar-refractivity contribution is 0.402. The van der Waals surface area contributed by atoms with Gasteiger partial charge in [-0.05, 0) is 53.6 Å². The fourth-order valence-corrected chi connectivity index (χ4v) is 4.72. The van der Waals surface area contributed by atoms with Gasteiger partial charge in [-0.2, -0.15) is 0 Å². The van der Waals surface area contributed by atoms with Gasteiger partial charge in [0.05, 0.1) is 0 Å². The van der Waals surface area contributed by atoms with E-state index in [1.54, 1.807) is 12.3 Å². The minimum Gasteiger partial charge on any atom is -0.369 e. The maximum absolute atomic E-state index is 12.7. The van der Waals surface area contributed by atoms with Gasteiger partial charge in [0, 0.05) is 23.3 Å². The van der Waals surface area contributed by atoms with Gasteiger partial charge in [-0.15, -0.1) is 0 Å². The zero-order valence-electron chi connectivity index (χ0n) is 12.6. The first-order valence-electron chi connectivity index (χ1n) is 7.27. The first-order valence-corrected chi connectivity index (χ1v) is 9.54. The van der Waals surface area contributed by atoms with Crippen LogP contribution in [0.2, 0.25) is 0 Å². The number of rotatable bonds is 5. The third-order valence-corrected chi connectivity index (χ3v) is 6.16. The van der Waals surface area contributed by atoms with Gasteiger partial charge in [0.25, 0.3) is 0 Å². The Kier molecular flexibility index (Phi) is 5.27. The Morgan fingerprint density at radius 3 is 2.67 bits per heavy atom. The molecule has 3 unspecified atom stereocenters. The smallest absolute Gasteiger partial charge is 0.244 e. The van der Waals surface area contributed by atoms with Gasteiger partial charge in [0.2, 0.25) is 10.0 Å². The quantitative estimate of drug-likeness (QED) is 0.829. The molecule has 21 heavy (non-hydrogen) atoms. The second-order valence-electron chi connectivity index (χ2n) is 5.67. The molecule has 2 rings (SSSR count). The summed E-state index contributed by atoms with van der Waals surface area (Å²) in [5, 5.41) is 3.00. The number of nitrogens with zero attached hydrogens (tertiary/aromatic N) is 1. The van der Waals surface area contributed by atoms with Crippen LogP contribution in [0, 0.1) is 11.8 Å². The second-order valence-corrected chi connectivity index (χ2v) is 8.27. The number of pyridine rings is 1. The van der Waals surface area contributed by atoms with E-state index in [9.17, 15) is 8.42 Å². The van der Waals surface area contributed by atoms with E-state index in [-0.39, 0.29) is 10.9 Å². The van der Waals surface area contributed by atoms with Gasteiger partial charge in [0.1, 0.15) is 10.7 Å². The van der Waals surface area contributed by atoms with Crippen molar-refractivity contribution in [1.82, 2.24) is 9.71 Å². The van der Waals surface area contributed by atoms with Gasteiger partial charge in [-0.1, -0.05) is 13.8 Å². The lowest BCUT2D eigenvalue weighted by atomic mass is 9.98. The Hall–Kier alpha value is -0.660. The number of hydrogen-bond acceptors (Lipinski definition) is 4. The summed E-state index contributed by atoms with van der Waals surface area (Å²) in [4.78, 5) is 4.37. The maximum atomic E-state index is 12.7. The summed E-state index contributed by atoms with van der Waals surface area (Å²) in [5.74, 6) is 1.29. The van der Waals surface area contributed by atoms with Crippen molar-refractivity contribution in [3.63, 3.8) is 0 Å². The molecule has 1 aromatic rings. The van der Waals surface area contributed by atoms with Crippen LogP contribution >= 0.6 is 15.9 Å². The number of nitrogens with one attached hydrogen (secondary N) is 2. The number of hydrogen-bond donors (Lipinski definition) is 2. The minimum absolute atomic E-state index is 0.00143. The molecule has 0 spiro atoms. The number of aromatic nitrogens is 1. The molecule has 118 valence electrons. The Balaban J connectivity index is 2.29. The molecule has 3 atom stereocenters. The monoisotopic (exact) mass is 375 g/mol. The van der Waals surface area contributed by atoms with Crippen LogP contribution in [0.4, 0.5) is 5.82 Å². The second kappa shape index (κ2) is 6.62. The fourth-order valence-electron chi connectivity index (χ4n) is 2.72. The Labute approximate surface area is 135 Å². The normalized spacial score (nSPS) is 26.0. The summed E-state index contributed by atoms with van der Waals surface area (Å²) in [6.45, 7) is 6.81. The number of anilines is 1. The average Bonchev–Trinajstić information content (AvgIpc) is 2.72. The SMILES string of the molecule is CCNc1ncc(Br)cc1S(=O)(=O)NC1CCC(C)C1C. The van der Waals surface area contributed by atoms with Gasteiger partial charge >= 0.3 is 0 Å². The van der Waals surface area contributed by atoms with E-state index in [4.69, 9.17) is 0 Å². The van der Waals surface area contributed by atoms with Crippen LogP contribution in [0.25, 0.3) is 0 Å². The summed E-state index contributed by atoms with van der Waals surface area (Å²) in [5.41, 5.74) is 0. The van der Waals surface area contributed by atoms with Crippen molar-refractivity contribution < 1.29 is 8.42 Å². The molecule has 1 aliphatic rings. The summed E-state index contributed by atoms with van der Waals surface area (Å²) < 4.78 is 28.9. The molecule has 2 N–H and O–H groups in total. The van der Waals surface area contributed by atoms with E-state index in [0.717, 1.165) is 12.8 Å². The lowest BCUT2D eigenvalue weighted by Gasteiger charge is -2.20.